The number of hydrogen-bond donors (Lipinski definition) is 0. The fraction of sp³-hybridized carbons (Fsp3) is 0.333. The van der Waals surface area contributed by atoms with E-state index in [1.807, 2.05) is 0 Å². The van der Waals surface area contributed by atoms with E-state index in [1.165, 1.54) is 12.1 Å². The topological polar surface area (TPSA) is 55.6 Å². The Morgan fingerprint density at radius 2 is 2.10 bits per heavy atom. The third kappa shape index (κ3) is 3.28. The van der Waals surface area contributed by atoms with Crippen LogP contribution in [0.15, 0.2) is 34.9 Å². The molecule has 0 spiro atoms. The number of morpholine rings is 1. The molecule has 1 aliphatic heterocycles. The third-order valence-electron chi connectivity index (χ3n) is 3.34. The molecule has 0 atom stereocenters. The Morgan fingerprint density at radius 1 is 1.29 bits per heavy atom. The molecule has 0 unspecified atom stereocenters. The van der Waals surface area contributed by atoms with Gasteiger partial charge in [0, 0.05) is 25.6 Å². The minimum absolute atomic E-state index is 0.184. The van der Waals surface area contributed by atoms with Crippen LogP contribution in [0.2, 0.25) is 0 Å². The number of halogens is 1. The van der Waals surface area contributed by atoms with E-state index in [9.17, 15) is 9.18 Å². The first-order valence-electron chi connectivity index (χ1n) is 6.79. The standard InChI is InChI=1S/C15H15FN2O3/c16-12-3-1-2-11(8-12)9-13-10-14(21-17-13)15(19)18-4-6-20-7-5-18/h1-3,8,10H,4-7,9H2. The molecule has 0 N–H and O–H groups in total. The van der Waals surface area contributed by atoms with Gasteiger partial charge in [-0.2, -0.15) is 0 Å². The number of carbonyl (C=O) groups excluding carboxylic acids is 1. The molecule has 2 heterocycles. The Morgan fingerprint density at radius 3 is 2.86 bits per heavy atom. The van der Waals surface area contributed by atoms with Crippen LogP contribution in [-0.2, 0) is 11.2 Å². The van der Waals surface area contributed by atoms with Crippen LogP contribution in [0.4, 0.5) is 4.39 Å². The van der Waals surface area contributed by atoms with Crippen LogP contribution in [0.1, 0.15) is 21.8 Å². The predicted molar refractivity (Wildman–Crippen MR) is 72.4 cm³/mol. The number of nitrogens with zero attached hydrogens (tertiary/aromatic N) is 2. The maximum Gasteiger partial charge on any atom is 0.292 e. The van der Waals surface area contributed by atoms with Crippen molar-refractivity contribution < 1.29 is 18.4 Å². The Balaban J connectivity index is 1.69. The maximum absolute atomic E-state index is 13.1. The van der Waals surface area contributed by atoms with Crippen molar-refractivity contribution in [2.24, 2.45) is 0 Å². The molecule has 0 saturated carbocycles. The minimum atomic E-state index is -0.291. The quantitative estimate of drug-likeness (QED) is 0.866. The number of aromatic nitrogens is 1. The number of rotatable bonds is 3. The Kier molecular flexibility index (Phi) is 3.96. The van der Waals surface area contributed by atoms with Crippen LogP contribution in [0.5, 0.6) is 0 Å². The first-order chi connectivity index (χ1) is 10.2. The van der Waals surface area contributed by atoms with Crippen molar-refractivity contribution in [3.8, 4) is 0 Å². The molecule has 110 valence electrons. The molecule has 0 aliphatic carbocycles. The van der Waals surface area contributed by atoms with Gasteiger partial charge in [-0.25, -0.2) is 4.39 Å². The lowest BCUT2D eigenvalue weighted by molar-refractivity contribution is 0.0277. The number of benzene rings is 1. The van der Waals surface area contributed by atoms with E-state index >= 15 is 0 Å². The summed E-state index contributed by atoms with van der Waals surface area (Å²) < 4.78 is 23.4. The van der Waals surface area contributed by atoms with Crippen molar-refractivity contribution in [1.29, 1.82) is 0 Å². The molecule has 1 aliphatic rings. The van der Waals surface area contributed by atoms with Gasteiger partial charge in [0.2, 0.25) is 5.76 Å². The van der Waals surface area contributed by atoms with E-state index in [0.717, 1.165) is 5.56 Å². The van der Waals surface area contributed by atoms with Crippen LogP contribution >= 0.6 is 0 Å². The van der Waals surface area contributed by atoms with Crippen molar-refractivity contribution in [2.75, 3.05) is 26.3 Å². The van der Waals surface area contributed by atoms with E-state index in [-0.39, 0.29) is 17.5 Å². The number of hydrogen-bond acceptors (Lipinski definition) is 4. The molecule has 1 aromatic heterocycles. The summed E-state index contributed by atoms with van der Waals surface area (Å²) in [7, 11) is 0. The highest BCUT2D eigenvalue weighted by atomic mass is 19.1. The highest BCUT2D eigenvalue weighted by Crippen LogP contribution is 2.13. The van der Waals surface area contributed by atoms with E-state index < -0.39 is 0 Å². The average Bonchev–Trinajstić information content (AvgIpc) is 2.96. The zero-order valence-corrected chi connectivity index (χ0v) is 11.4. The maximum atomic E-state index is 13.1. The molecular weight excluding hydrogens is 275 g/mol. The molecule has 2 aromatic rings. The number of ether oxygens (including phenoxy) is 1. The van der Waals surface area contributed by atoms with E-state index in [4.69, 9.17) is 9.26 Å². The van der Waals surface area contributed by atoms with Gasteiger partial charge in [0.15, 0.2) is 0 Å². The molecule has 1 saturated heterocycles. The molecule has 6 heteroatoms. The van der Waals surface area contributed by atoms with Gasteiger partial charge < -0.3 is 14.2 Å². The fourth-order valence-electron chi connectivity index (χ4n) is 2.27. The summed E-state index contributed by atoms with van der Waals surface area (Å²) in [6.07, 6.45) is 0.428. The molecule has 0 radical (unpaired) electrons. The largest absolute Gasteiger partial charge is 0.378 e. The smallest absolute Gasteiger partial charge is 0.292 e. The summed E-state index contributed by atoms with van der Waals surface area (Å²) in [6.45, 7) is 2.18. The van der Waals surface area contributed by atoms with Crippen molar-refractivity contribution in [3.05, 3.63) is 53.2 Å². The van der Waals surface area contributed by atoms with Gasteiger partial charge in [0.1, 0.15) is 5.82 Å². The van der Waals surface area contributed by atoms with Gasteiger partial charge in [-0.15, -0.1) is 0 Å². The van der Waals surface area contributed by atoms with E-state index in [0.29, 0.717) is 38.4 Å². The van der Waals surface area contributed by atoms with E-state index in [2.05, 4.69) is 5.16 Å². The lowest BCUT2D eigenvalue weighted by atomic mass is 10.1. The highest BCUT2D eigenvalue weighted by molar-refractivity contribution is 5.91. The Labute approximate surface area is 121 Å². The third-order valence-corrected chi connectivity index (χ3v) is 3.34. The summed E-state index contributed by atoms with van der Waals surface area (Å²) in [5.74, 6) is -0.264. The van der Waals surface area contributed by atoms with Crippen molar-refractivity contribution in [2.45, 2.75) is 6.42 Å². The summed E-state index contributed by atoms with van der Waals surface area (Å²) >= 11 is 0. The molecule has 3 rings (SSSR count). The molecule has 1 amide bonds. The van der Waals surface area contributed by atoms with Gasteiger partial charge in [0.25, 0.3) is 5.91 Å². The minimum Gasteiger partial charge on any atom is -0.378 e. The van der Waals surface area contributed by atoms with Crippen molar-refractivity contribution >= 4 is 5.91 Å². The Hall–Kier alpha value is -2.21. The van der Waals surface area contributed by atoms with Gasteiger partial charge in [0.05, 0.1) is 18.9 Å². The van der Waals surface area contributed by atoms with Gasteiger partial charge in [-0.1, -0.05) is 17.3 Å². The predicted octanol–water partition coefficient (Wildman–Crippen LogP) is 1.88. The monoisotopic (exact) mass is 290 g/mol. The second-order valence-corrected chi connectivity index (χ2v) is 4.89. The Bertz CT molecular complexity index is 635. The second kappa shape index (κ2) is 6.05. The van der Waals surface area contributed by atoms with Crippen molar-refractivity contribution in [3.63, 3.8) is 0 Å². The highest BCUT2D eigenvalue weighted by Gasteiger charge is 2.22. The summed E-state index contributed by atoms with van der Waals surface area (Å²) in [4.78, 5) is 13.9. The normalized spacial score (nSPS) is 15.2. The average molecular weight is 290 g/mol. The fourth-order valence-corrected chi connectivity index (χ4v) is 2.27. The SMILES string of the molecule is O=C(c1cc(Cc2cccc(F)c2)no1)N1CCOCC1. The van der Waals surface area contributed by atoms with Crippen LogP contribution in [0.25, 0.3) is 0 Å². The van der Waals surface area contributed by atoms with E-state index in [1.54, 1.807) is 23.1 Å². The van der Waals surface area contributed by atoms with Crippen LogP contribution < -0.4 is 0 Å². The molecular formula is C15H15FN2O3. The van der Waals surface area contributed by atoms with Crippen LogP contribution in [-0.4, -0.2) is 42.3 Å². The number of carbonyl (C=O) groups is 1. The van der Waals surface area contributed by atoms with Gasteiger partial charge in [-0.05, 0) is 17.7 Å². The zero-order chi connectivity index (χ0) is 14.7. The second-order valence-electron chi connectivity index (χ2n) is 4.89. The van der Waals surface area contributed by atoms with Gasteiger partial charge >= 0.3 is 0 Å². The van der Waals surface area contributed by atoms with Gasteiger partial charge in [-0.3, -0.25) is 4.79 Å². The molecule has 21 heavy (non-hydrogen) atoms. The first kappa shape index (κ1) is 13.8. The summed E-state index contributed by atoms with van der Waals surface area (Å²) in [5.41, 5.74) is 1.39. The zero-order valence-electron chi connectivity index (χ0n) is 11.4. The summed E-state index contributed by atoms with van der Waals surface area (Å²) in [6, 6.07) is 7.90. The summed E-state index contributed by atoms with van der Waals surface area (Å²) in [5, 5.41) is 3.88. The molecule has 0 bridgehead atoms. The lowest BCUT2D eigenvalue weighted by Gasteiger charge is -2.25. The molecule has 1 aromatic carbocycles. The molecule has 5 nitrogen and oxygen atoms in total. The van der Waals surface area contributed by atoms with Crippen molar-refractivity contribution in [1.82, 2.24) is 10.1 Å². The van der Waals surface area contributed by atoms with Crippen LogP contribution in [0.3, 0.4) is 0 Å². The van der Waals surface area contributed by atoms with Crippen LogP contribution in [0, 0.1) is 5.82 Å². The number of amides is 1. The molecule has 1 fully saturated rings. The lowest BCUT2D eigenvalue weighted by Crippen LogP contribution is -2.40. The first-order valence-corrected chi connectivity index (χ1v) is 6.79.